The van der Waals surface area contributed by atoms with Crippen LogP contribution in [0.15, 0.2) is 0 Å². The highest BCUT2D eigenvalue weighted by molar-refractivity contribution is 7.44. The Hall–Kier alpha value is 0.434. The predicted molar refractivity (Wildman–Crippen MR) is 81.9 cm³/mol. The lowest BCUT2D eigenvalue weighted by Gasteiger charge is -2.49. The molecule has 2 heteroatoms. The van der Waals surface area contributed by atoms with Gasteiger partial charge in [-0.05, 0) is 16.6 Å². The molecule has 3 rings (SSSR count). The summed E-state index contributed by atoms with van der Waals surface area (Å²) in [5, 5.41) is 0. The van der Waals surface area contributed by atoms with Crippen molar-refractivity contribution in [1.29, 1.82) is 0 Å². The fourth-order valence-electron chi connectivity index (χ4n) is 5.65. The average molecular weight is 267 g/mol. The largest absolute Gasteiger partial charge is 0.0680 e. The first-order chi connectivity index (χ1) is 8.25. The molecule has 0 aromatic carbocycles. The molecular weight excluding hydrogens is 236 g/mol. The van der Waals surface area contributed by atoms with Gasteiger partial charge < -0.3 is 0 Å². The highest BCUT2D eigenvalue weighted by Gasteiger charge is 2.69. The van der Waals surface area contributed by atoms with Crippen LogP contribution in [0.3, 0.4) is 0 Å². The molecule has 17 heavy (non-hydrogen) atoms. The second kappa shape index (κ2) is 4.23. The monoisotopic (exact) mass is 266 g/mol. The molecule has 3 aliphatic carbocycles. The van der Waals surface area contributed by atoms with Crippen LogP contribution in [0, 0.1) is 0 Å². The minimum absolute atomic E-state index is 0.835. The van der Waals surface area contributed by atoms with Gasteiger partial charge in [-0.2, -0.15) is 0 Å². The quantitative estimate of drug-likeness (QED) is 0.533. The second-order valence-electron chi connectivity index (χ2n) is 7.10. The van der Waals surface area contributed by atoms with Crippen molar-refractivity contribution in [1.82, 2.24) is 0 Å². The number of rotatable bonds is 7. The number of hydrogen-bond donors (Lipinski definition) is 0. The second-order valence-corrected chi connectivity index (χ2v) is 21.9. The van der Waals surface area contributed by atoms with Gasteiger partial charge in [0.15, 0.2) is 0 Å². The van der Waals surface area contributed by atoms with Crippen molar-refractivity contribution in [3.63, 3.8) is 0 Å². The van der Waals surface area contributed by atoms with E-state index >= 15 is 0 Å². The first kappa shape index (κ1) is 12.5. The zero-order valence-electron chi connectivity index (χ0n) is 12.1. The van der Waals surface area contributed by atoms with Crippen molar-refractivity contribution in [2.75, 3.05) is 0 Å². The van der Waals surface area contributed by atoms with E-state index in [1.165, 1.54) is 16.6 Å². The standard InChI is InChI=1S/C15H30Si2/c1-4-16(5-2,6-3)17(13-7-8-13,14-9-10-14)15-11-12-15/h13-15H,4-12H2,1-3H3. The maximum absolute atomic E-state index is 2.58. The maximum atomic E-state index is 2.58. The van der Waals surface area contributed by atoms with E-state index in [0.29, 0.717) is 0 Å². The molecule has 3 aliphatic rings. The van der Waals surface area contributed by atoms with Gasteiger partial charge in [-0.25, -0.2) is 0 Å². The topological polar surface area (TPSA) is 0 Å². The highest BCUT2D eigenvalue weighted by Crippen LogP contribution is 2.71. The molecule has 3 saturated carbocycles. The summed E-state index contributed by atoms with van der Waals surface area (Å²) in [6, 6.07) is 4.90. The minimum Gasteiger partial charge on any atom is -0.0680 e. The fourth-order valence-corrected chi connectivity index (χ4v) is 32.9. The van der Waals surface area contributed by atoms with Crippen LogP contribution < -0.4 is 0 Å². The lowest BCUT2D eigenvalue weighted by Crippen LogP contribution is -2.63. The van der Waals surface area contributed by atoms with Crippen LogP contribution in [-0.4, -0.2) is 15.2 Å². The smallest absolute Gasteiger partial charge is 0.0570 e. The third kappa shape index (κ3) is 1.66. The van der Waals surface area contributed by atoms with Gasteiger partial charge in [0.25, 0.3) is 0 Å². The summed E-state index contributed by atoms with van der Waals surface area (Å²) in [4.78, 5) is 0. The molecule has 0 nitrogen and oxygen atoms in total. The summed E-state index contributed by atoms with van der Waals surface area (Å²) in [7, 11) is -1.70. The van der Waals surface area contributed by atoms with Gasteiger partial charge in [0.2, 0.25) is 0 Å². The lowest BCUT2D eigenvalue weighted by molar-refractivity contribution is 1.09. The molecule has 0 amide bonds. The SMILES string of the molecule is CC[Si](CC)(CC)[Si](C1CC1)(C1CC1)C1CC1. The van der Waals surface area contributed by atoms with E-state index in [-0.39, 0.29) is 0 Å². The van der Waals surface area contributed by atoms with Crippen molar-refractivity contribution >= 4 is 15.2 Å². The summed E-state index contributed by atoms with van der Waals surface area (Å²) in [6.45, 7) is 7.73. The molecule has 0 saturated heterocycles. The molecule has 0 atom stereocenters. The molecule has 0 aromatic heterocycles. The Morgan fingerprint density at radius 3 is 1.12 bits per heavy atom. The Labute approximate surface area is 109 Å². The van der Waals surface area contributed by atoms with Crippen LogP contribution in [0.2, 0.25) is 34.8 Å². The van der Waals surface area contributed by atoms with E-state index in [9.17, 15) is 0 Å². The van der Waals surface area contributed by atoms with Gasteiger partial charge in [0.05, 0.1) is 7.59 Å². The Morgan fingerprint density at radius 2 is 0.941 bits per heavy atom. The van der Waals surface area contributed by atoms with Crippen molar-refractivity contribution in [2.24, 2.45) is 0 Å². The lowest BCUT2D eigenvalue weighted by atomic mass is 10.9. The Morgan fingerprint density at radius 1 is 0.647 bits per heavy atom. The van der Waals surface area contributed by atoms with E-state index in [0.717, 1.165) is 0 Å². The normalized spacial score (nSPS) is 26.3. The predicted octanol–water partition coefficient (Wildman–Crippen LogP) is 5.51. The Bertz CT molecular complexity index is 244. The van der Waals surface area contributed by atoms with E-state index in [2.05, 4.69) is 20.8 Å². The first-order valence-electron chi connectivity index (χ1n) is 8.25. The molecule has 98 valence electrons. The van der Waals surface area contributed by atoms with Crippen molar-refractivity contribution in [3.05, 3.63) is 0 Å². The van der Waals surface area contributed by atoms with Gasteiger partial charge in [-0.15, -0.1) is 0 Å². The van der Waals surface area contributed by atoms with Gasteiger partial charge in [0.1, 0.15) is 0 Å². The minimum atomic E-state index is -0.860. The average Bonchev–Trinajstić information content (AvgIpc) is 3.20. The van der Waals surface area contributed by atoms with Gasteiger partial charge in [-0.3, -0.25) is 0 Å². The first-order valence-corrected chi connectivity index (χ1v) is 14.1. The molecule has 0 spiro atoms. The zero-order chi connectivity index (χ0) is 12.1. The Balaban J connectivity index is 2.00. The van der Waals surface area contributed by atoms with E-state index in [1.807, 2.05) is 0 Å². The fraction of sp³-hybridized carbons (Fsp3) is 1.00. The summed E-state index contributed by atoms with van der Waals surface area (Å²) in [6.07, 6.45) is 9.96. The van der Waals surface area contributed by atoms with Crippen LogP contribution >= 0.6 is 0 Å². The molecule has 0 bridgehead atoms. The van der Waals surface area contributed by atoms with Gasteiger partial charge in [-0.1, -0.05) is 77.4 Å². The molecular formula is C15H30Si2. The molecule has 0 aromatic rings. The summed E-state index contributed by atoms with van der Waals surface area (Å²) in [5.74, 6) is 0. The van der Waals surface area contributed by atoms with Crippen LogP contribution in [0.1, 0.15) is 59.3 Å². The molecule has 0 aliphatic heterocycles. The van der Waals surface area contributed by atoms with Crippen molar-refractivity contribution < 1.29 is 0 Å². The van der Waals surface area contributed by atoms with E-state index in [4.69, 9.17) is 0 Å². The van der Waals surface area contributed by atoms with Crippen LogP contribution in [-0.2, 0) is 0 Å². The van der Waals surface area contributed by atoms with Crippen molar-refractivity contribution in [2.45, 2.75) is 94.1 Å². The van der Waals surface area contributed by atoms with Crippen LogP contribution in [0.25, 0.3) is 0 Å². The van der Waals surface area contributed by atoms with E-state index < -0.39 is 15.2 Å². The molecule has 3 fully saturated rings. The maximum Gasteiger partial charge on any atom is 0.0570 e. The number of hydrogen-bond acceptors (Lipinski definition) is 0. The summed E-state index contributed by atoms with van der Waals surface area (Å²) >= 11 is 0. The summed E-state index contributed by atoms with van der Waals surface area (Å²) < 4.78 is 0. The molecule has 0 unspecified atom stereocenters. The van der Waals surface area contributed by atoms with Crippen LogP contribution in [0.5, 0.6) is 0 Å². The molecule has 0 heterocycles. The Kier molecular flexibility index (Phi) is 3.10. The van der Waals surface area contributed by atoms with E-state index in [1.54, 1.807) is 56.7 Å². The zero-order valence-corrected chi connectivity index (χ0v) is 14.1. The van der Waals surface area contributed by atoms with Gasteiger partial charge in [0, 0.05) is 7.59 Å². The van der Waals surface area contributed by atoms with Gasteiger partial charge >= 0.3 is 0 Å². The molecule has 0 radical (unpaired) electrons. The third-order valence-corrected chi connectivity index (χ3v) is 30.8. The third-order valence-electron chi connectivity index (χ3n) is 6.71. The summed E-state index contributed by atoms with van der Waals surface area (Å²) in [5.41, 5.74) is 3.98. The highest BCUT2D eigenvalue weighted by atomic mass is 29.3. The van der Waals surface area contributed by atoms with Crippen LogP contribution in [0.4, 0.5) is 0 Å². The molecule has 0 N–H and O–H groups in total. The van der Waals surface area contributed by atoms with Crippen molar-refractivity contribution in [3.8, 4) is 0 Å².